The average Bonchev–Trinajstić information content (AvgIpc) is 2.04. The summed E-state index contributed by atoms with van der Waals surface area (Å²) < 4.78 is 0. The molecule has 0 amide bonds. The van der Waals surface area contributed by atoms with Crippen LogP contribution in [0.2, 0.25) is 0 Å². The van der Waals surface area contributed by atoms with Crippen molar-refractivity contribution in [3.63, 3.8) is 0 Å². The maximum absolute atomic E-state index is 3.47. The van der Waals surface area contributed by atoms with E-state index in [2.05, 4.69) is 24.4 Å². The van der Waals surface area contributed by atoms with Crippen molar-refractivity contribution < 1.29 is 0 Å². The largest absolute Gasteiger partial charge is 0.316 e. The van der Waals surface area contributed by atoms with Crippen LogP contribution >= 0.6 is 0 Å². The molecule has 0 spiro atoms. The van der Waals surface area contributed by atoms with Gasteiger partial charge in [-0.2, -0.15) is 0 Å². The summed E-state index contributed by atoms with van der Waals surface area (Å²) in [5.74, 6) is 2.65. The maximum Gasteiger partial charge on any atom is -0.00147 e. The molecule has 0 saturated carbocycles. The van der Waals surface area contributed by atoms with Gasteiger partial charge in [0.2, 0.25) is 0 Å². The van der Waals surface area contributed by atoms with Crippen molar-refractivity contribution in [1.82, 2.24) is 5.32 Å². The van der Waals surface area contributed by atoms with Gasteiger partial charge in [0.15, 0.2) is 0 Å². The van der Waals surface area contributed by atoms with Crippen LogP contribution in [-0.4, -0.2) is 13.1 Å². The quantitative estimate of drug-likeness (QED) is 0.521. The van der Waals surface area contributed by atoms with Gasteiger partial charge in [-0.15, -0.1) is 0 Å². The lowest BCUT2D eigenvalue weighted by molar-refractivity contribution is 0.253. The maximum atomic E-state index is 3.47. The molecule has 1 aliphatic carbocycles. The van der Waals surface area contributed by atoms with Gasteiger partial charge >= 0.3 is 0 Å². The molecule has 11 heavy (non-hydrogen) atoms. The van der Waals surface area contributed by atoms with Gasteiger partial charge in [0, 0.05) is 0 Å². The molecule has 1 saturated heterocycles. The molecule has 1 nitrogen and oxygen atoms in total. The first-order chi connectivity index (χ1) is 5.36. The first-order valence-electron chi connectivity index (χ1n) is 4.75. The fourth-order valence-electron chi connectivity index (χ4n) is 2.34. The number of allylic oxidation sites excluding steroid dienone is 2. The average molecular weight is 151 g/mol. The van der Waals surface area contributed by atoms with Crippen molar-refractivity contribution in [2.75, 3.05) is 13.1 Å². The van der Waals surface area contributed by atoms with Crippen molar-refractivity contribution in [1.29, 1.82) is 0 Å². The molecule has 1 heterocycles. The van der Waals surface area contributed by atoms with Crippen molar-refractivity contribution in [3.05, 3.63) is 12.2 Å². The Labute approximate surface area is 68.9 Å². The van der Waals surface area contributed by atoms with E-state index in [-0.39, 0.29) is 0 Å². The zero-order valence-corrected chi connectivity index (χ0v) is 7.22. The fraction of sp³-hybridized carbons (Fsp3) is 0.800. The molecule has 1 heteroatoms. The van der Waals surface area contributed by atoms with Gasteiger partial charge in [0.25, 0.3) is 0 Å². The van der Waals surface area contributed by atoms with Crippen LogP contribution in [0.5, 0.6) is 0 Å². The topological polar surface area (TPSA) is 12.0 Å². The van der Waals surface area contributed by atoms with E-state index >= 15 is 0 Å². The highest BCUT2D eigenvalue weighted by Gasteiger charge is 2.26. The first-order valence-corrected chi connectivity index (χ1v) is 4.75. The molecule has 1 aliphatic heterocycles. The molecule has 1 fully saturated rings. The Bertz CT molecular complexity index is 162. The highest BCUT2D eigenvalue weighted by molar-refractivity contribution is 5.02. The molecule has 0 aromatic rings. The molecule has 0 aromatic heterocycles. The van der Waals surface area contributed by atoms with Crippen molar-refractivity contribution in [3.8, 4) is 0 Å². The summed E-state index contributed by atoms with van der Waals surface area (Å²) in [7, 11) is 0. The van der Waals surface area contributed by atoms with Crippen LogP contribution in [0.15, 0.2) is 12.2 Å². The minimum absolute atomic E-state index is 0.816. The van der Waals surface area contributed by atoms with Crippen LogP contribution in [0.4, 0.5) is 0 Å². The third kappa shape index (κ3) is 1.48. The highest BCUT2D eigenvalue weighted by atomic mass is 14.9. The summed E-state index contributed by atoms with van der Waals surface area (Å²) in [4.78, 5) is 0. The number of rotatable bonds is 0. The van der Waals surface area contributed by atoms with Crippen LogP contribution in [0.3, 0.4) is 0 Å². The van der Waals surface area contributed by atoms with Gasteiger partial charge in [-0.05, 0) is 43.7 Å². The monoisotopic (exact) mass is 151 g/mol. The smallest absolute Gasteiger partial charge is 0.00147 e. The van der Waals surface area contributed by atoms with Crippen molar-refractivity contribution >= 4 is 0 Å². The molecular formula is C10H17N. The van der Waals surface area contributed by atoms with Crippen LogP contribution in [0, 0.1) is 17.8 Å². The number of hydrogen-bond acceptors (Lipinski definition) is 1. The summed E-state index contributed by atoms with van der Waals surface area (Å²) >= 11 is 0. The van der Waals surface area contributed by atoms with Gasteiger partial charge in [-0.1, -0.05) is 19.1 Å². The number of hydrogen-bond donors (Lipinski definition) is 1. The molecular weight excluding hydrogens is 134 g/mol. The Balaban J connectivity index is 2.05. The number of fused-ring (bicyclic) bond motifs is 1. The second kappa shape index (κ2) is 2.98. The summed E-state index contributed by atoms with van der Waals surface area (Å²) in [6, 6.07) is 0. The Hall–Kier alpha value is -0.300. The van der Waals surface area contributed by atoms with E-state index in [0.29, 0.717) is 0 Å². The first kappa shape index (κ1) is 7.35. The summed E-state index contributed by atoms with van der Waals surface area (Å²) in [6.07, 6.45) is 7.59. The third-order valence-corrected chi connectivity index (χ3v) is 3.03. The molecule has 2 aliphatic rings. The third-order valence-electron chi connectivity index (χ3n) is 3.03. The highest BCUT2D eigenvalue weighted by Crippen LogP contribution is 2.31. The Morgan fingerprint density at radius 2 is 2.27 bits per heavy atom. The lowest BCUT2D eigenvalue weighted by atomic mass is 9.76. The zero-order valence-electron chi connectivity index (χ0n) is 7.22. The molecule has 0 aromatic carbocycles. The Morgan fingerprint density at radius 3 is 3.18 bits per heavy atom. The second-order valence-electron chi connectivity index (χ2n) is 4.01. The minimum Gasteiger partial charge on any atom is -0.316 e. The molecule has 0 radical (unpaired) electrons. The normalized spacial score (nSPS) is 43.5. The molecule has 62 valence electrons. The predicted octanol–water partition coefficient (Wildman–Crippen LogP) is 1.81. The fourth-order valence-corrected chi connectivity index (χ4v) is 2.34. The van der Waals surface area contributed by atoms with Crippen molar-refractivity contribution in [2.24, 2.45) is 17.8 Å². The van der Waals surface area contributed by atoms with E-state index in [1.165, 1.54) is 25.9 Å². The van der Waals surface area contributed by atoms with Gasteiger partial charge in [0.05, 0.1) is 0 Å². The summed E-state index contributed by atoms with van der Waals surface area (Å²) in [6.45, 7) is 4.79. The van der Waals surface area contributed by atoms with Crippen LogP contribution in [0.1, 0.15) is 19.8 Å². The molecule has 3 atom stereocenters. The number of nitrogens with one attached hydrogen (secondary N) is 1. The summed E-state index contributed by atoms with van der Waals surface area (Å²) in [5, 5.41) is 3.47. The summed E-state index contributed by atoms with van der Waals surface area (Å²) in [5.41, 5.74) is 0. The van der Waals surface area contributed by atoms with Gasteiger partial charge < -0.3 is 5.32 Å². The predicted molar refractivity (Wildman–Crippen MR) is 47.4 cm³/mol. The Kier molecular flexibility index (Phi) is 1.99. The van der Waals surface area contributed by atoms with E-state index in [0.717, 1.165) is 17.8 Å². The molecule has 2 rings (SSSR count). The van der Waals surface area contributed by atoms with Gasteiger partial charge in [-0.3, -0.25) is 0 Å². The van der Waals surface area contributed by atoms with E-state index < -0.39 is 0 Å². The SMILES string of the molecule is CC1C=CC2CCNCC2C1. The molecule has 3 unspecified atom stereocenters. The van der Waals surface area contributed by atoms with Crippen LogP contribution < -0.4 is 5.32 Å². The standard InChI is InChI=1S/C10H17N/c1-8-2-3-9-4-5-11-7-10(9)6-8/h2-3,8-11H,4-7H2,1H3. The lowest BCUT2D eigenvalue weighted by Gasteiger charge is -2.34. The minimum atomic E-state index is 0.816. The Morgan fingerprint density at radius 1 is 1.36 bits per heavy atom. The number of piperidine rings is 1. The van der Waals surface area contributed by atoms with Gasteiger partial charge in [-0.25, -0.2) is 0 Å². The van der Waals surface area contributed by atoms with E-state index in [1.54, 1.807) is 0 Å². The van der Waals surface area contributed by atoms with Gasteiger partial charge in [0.1, 0.15) is 0 Å². The zero-order chi connectivity index (χ0) is 7.68. The van der Waals surface area contributed by atoms with E-state index in [4.69, 9.17) is 0 Å². The van der Waals surface area contributed by atoms with Crippen LogP contribution in [0.25, 0.3) is 0 Å². The molecule has 1 N–H and O–H groups in total. The molecule has 0 bridgehead atoms. The second-order valence-corrected chi connectivity index (χ2v) is 4.01. The van der Waals surface area contributed by atoms with E-state index in [9.17, 15) is 0 Å². The van der Waals surface area contributed by atoms with Crippen LogP contribution in [-0.2, 0) is 0 Å². The van der Waals surface area contributed by atoms with Crippen molar-refractivity contribution in [2.45, 2.75) is 19.8 Å². The van der Waals surface area contributed by atoms with E-state index in [1.807, 2.05) is 0 Å². The lowest BCUT2D eigenvalue weighted by Crippen LogP contribution is -2.37.